The Balaban J connectivity index is 1.34. The summed E-state index contributed by atoms with van der Waals surface area (Å²) in [4.78, 5) is 22.1. The summed E-state index contributed by atoms with van der Waals surface area (Å²) in [6, 6.07) is 9.18. The highest BCUT2D eigenvalue weighted by atomic mass is 19.4. The fraction of sp³-hybridized carbons (Fsp3) is 0.304. The number of aromatic nitrogens is 3. The predicted octanol–water partition coefficient (Wildman–Crippen LogP) is 4.73. The Morgan fingerprint density at radius 2 is 1.77 bits per heavy atom. The van der Waals surface area contributed by atoms with Gasteiger partial charge in [0.1, 0.15) is 5.65 Å². The molecule has 0 atom stereocenters. The minimum Gasteiger partial charge on any atom is -0.346 e. The van der Waals surface area contributed by atoms with Crippen LogP contribution in [0.2, 0.25) is 0 Å². The lowest BCUT2D eigenvalue weighted by Gasteiger charge is -2.34. The van der Waals surface area contributed by atoms with Crippen LogP contribution in [0.3, 0.4) is 0 Å². The molecule has 0 amide bonds. The number of hydrogen-bond acceptors (Lipinski definition) is 3. The first-order valence-corrected chi connectivity index (χ1v) is 10.3. The number of rotatable bonds is 3. The highest BCUT2D eigenvalue weighted by molar-refractivity contribution is 6.02. The van der Waals surface area contributed by atoms with E-state index in [1.54, 1.807) is 24.4 Å². The highest BCUT2D eigenvalue weighted by Gasteiger charge is 2.30. The molecule has 1 aliphatic heterocycles. The van der Waals surface area contributed by atoms with Gasteiger partial charge in [0.05, 0.1) is 16.5 Å². The first kappa shape index (κ1) is 19.8. The molecule has 4 aromatic rings. The average molecular weight is 426 g/mol. The van der Waals surface area contributed by atoms with Crippen molar-refractivity contribution in [2.24, 2.45) is 0 Å². The minimum atomic E-state index is -4.31. The molecule has 1 fully saturated rings. The third-order valence-corrected chi connectivity index (χ3v) is 6.11. The van der Waals surface area contributed by atoms with Crippen LogP contribution in [-0.4, -0.2) is 32.5 Å². The molecular weight excluding hydrogens is 405 g/mol. The third-order valence-electron chi connectivity index (χ3n) is 6.11. The Labute approximate surface area is 176 Å². The molecule has 5 rings (SSSR count). The number of alkyl halides is 3. The van der Waals surface area contributed by atoms with Crippen LogP contribution in [0.5, 0.6) is 0 Å². The van der Waals surface area contributed by atoms with Gasteiger partial charge in [-0.25, -0.2) is 4.98 Å². The molecule has 1 aliphatic rings. The Hall–Kier alpha value is -3.13. The summed E-state index contributed by atoms with van der Waals surface area (Å²) in [7, 11) is 0. The Morgan fingerprint density at radius 1 is 1.03 bits per heavy atom. The first-order chi connectivity index (χ1) is 14.9. The molecular formula is C23H21F3N4O. The molecule has 1 saturated heterocycles. The zero-order valence-electron chi connectivity index (χ0n) is 16.7. The SMILES string of the molecule is O=c1ccn(C2CCN(Cc3ccc(C(F)(F)F)cc3)CC2)c2c1cnc1[nH]ccc12. The first-order valence-electron chi connectivity index (χ1n) is 10.3. The van der Waals surface area contributed by atoms with Crippen LogP contribution in [0.1, 0.15) is 30.0 Å². The van der Waals surface area contributed by atoms with Gasteiger partial charge in [-0.15, -0.1) is 0 Å². The molecule has 0 radical (unpaired) electrons. The van der Waals surface area contributed by atoms with Crippen LogP contribution >= 0.6 is 0 Å². The molecule has 0 unspecified atom stereocenters. The van der Waals surface area contributed by atoms with Crippen LogP contribution in [0.4, 0.5) is 13.2 Å². The standard InChI is InChI=1S/C23H21F3N4O/c24-23(25,26)16-3-1-15(2-4-16)14-29-10-6-17(7-11-29)30-12-8-20(31)19-13-28-22-18(21(19)30)5-9-27-22/h1-5,8-9,12-13,17H,6-7,10-11,14H2,(H,27,28). The van der Waals surface area contributed by atoms with Crippen molar-refractivity contribution in [3.05, 3.63) is 76.3 Å². The van der Waals surface area contributed by atoms with Crippen LogP contribution in [0.15, 0.2) is 59.8 Å². The fourth-order valence-electron chi connectivity index (χ4n) is 4.48. The molecule has 0 spiro atoms. The lowest BCUT2D eigenvalue weighted by molar-refractivity contribution is -0.137. The van der Waals surface area contributed by atoms with E-state index in [0.717, 1.165) is 60.2 Å². The zero-order chi connectivity index (χ0) is 21.6. The van der Waals surface area contributed by atoms with Crippen molar-refractivity contribution in [2.45, 2.75) is 31.6 Å². The minimum absolute atomic E-state index is 0.0402. The summed E-state index contributed by atoms with van der Waals surface area (Å²) in [5, 5.41) is 1.55. The molecule has 8 heteroatoms. The normalized spacial score (nSPS) is 16.4. The number of H-pyrrole nitrogens is 1. The number of nitrogens with one attached hydrogen (secondary N) is 1. The fourth-order valence-corrected chi connectivity index (χ4v) is 4.48. The van der Waals surface area contributed by atoms with Crippen LogP contribution < -0.4 is 5.43 Å². The number of nitrogens with zero attached hydrogens (tertiary/aromatic N) is 3. The average Bonchev–Trinajstić information content (AvgIpc) is 3.24. The number of aromatic amines is 1. The maximum absolute atomic E-state index is 12.8. The number of fused-ring (bicyclic) bond motifs is 3. The molecule has 3 aromatic heterocycles. The summed E-state index contributed by atoms with van der Waals surface area (Å²) in [6.07, 6.45) is 2.81. The van der Waals surface area contributed by atoms with Crippen molar-refractivity contribution in [1.29, 1.82) is 0 Å². The summed E-state index contributed by atoms with van der Waals surface area (Å²) in [5.74, 6) is 0. The van der Waals surface area contributed by atoms with E-state index in [1.165, 1.54) is 0 Å². The predicted molar refractivity (Wildman–Crippen MR) is 113 cm³/mol. The molecule has 0 aliphatic carbocycles. The number of hydrogen-bond donors (Lipinski definition) is 1. The lowest BCUT2D eigenvalue weighted by atomic mass is 10.0. The van der Waals surface area contributed by atoms with Gasteiger partial charge < -0.3 is 9.55 Å². The highest BCUT2D eigenvalue weighted by Crippen LogP contribution is 2.31. The number of pyridine rings is 2. The summed E-state index contributed by atoms with van der Waals surface area (Å²) >= 11 is 0. The van der Waals surface area contributed by atoms with Crippen molar-refractivity contribution in [3.63, 3.8) is 0 Å². The van der Waals surface area contributed by atoms with Gasteiger partial charge in [-0.2, -0.15) is 13.2 Å². The van der Waals surface area contributed by atoms with Crippen molar-refractivity contribution in [3.8, 4) is 0 Å². The van der Waals surface area contributed by atoms with E-state index in [1.807, 2.05) is 18.5 Å². The van der Waals surface area contributed by atoms with Crippen molar-refractivity contribution < 1.29 is 13.2 Å². The van der Waals surface area contributed by atoms with Gasteiger partial charge in [-0.05, 0) is 36.6 Å². The van der Waals surface area contributed by atoms with Gasteiger partial charge in [0.25, 0.3) is 0 Å². The van der Waals surface area contributed by atoms with E-state index in [9.17, 15) is 18.0 Å². The summed E-state index contributed by atoms with van der Waals surface area (Å²) in [5.41, 5.74) is 1.87. The summed E-state index contributed by atoms with van der Waals surface area (Å²) < 4.78 is 40.5. The van der Waals surface area contributed by atoms with E-state index in [0.29, 0.717) is 11.9 Å². The van der Waals surface area contributed by atoms with Gasteiger partial charge in [-0.1, -0.05) is 12.1 Å². The Bertz CT molecular complexity index is 1280. The molecule has 0 bridgehead atoms. The monoisotopic (exact) mass is 426 g/mol. The molecule has 31 heavy (non-hydrogen) atoms. The Morgan fingerprint density at radius 3 is 2.48 bits per heavy atom. The largest absolute Gasteiger partial charge is 0.416 e. The smallest absolute Gasteiger partial charge is 0.346 e. The van der Waals surface area contributed by atoms with Gasteiger partial charge in [0, 0.05) is 55.7 Å². The zero-order valence-corrected chi connectivity index (χ0v) is 16.7. The van der Waals surface area contributed by atoms with Crippen molar-refractivity contribution in [2.75, 3.05) is 13.1 Å². The van der Waals surface area contributed by atoms with E-state index >= 15 is 0 Å². The molecule has 160 valence electrons. The van der Waals surface area contributed by atoms with E-state index in [-0.39, 0.29) is 11.5 Å². The quantitative estimate of drug-likeness (QED) is 0.515. The molecule has 4 heterocycles. The van der Waals surface area contributed by atoms with Crippen LogP contribution in [-0.2, 0) is 12.7 Å². The lowest BCUT2D eigenvalue weighted by Crippen LogP contribution is -2.34. The maximum Gasteiger partial charge on any atom is 0.416 e. The van der Waals surface area contributed by atoms with E-state index < -0.39 is 11.7 Å². The van der Waals surface area contributed by atoms with Gasteiger partial charge in [-0.3, -0.25) is 9.69 Å². The van der Waals surface area contributed by atoms with E-state index in [2.05, 4.69) is 19.4 Å². The van der Waals surface area contributed by atoms with Crippen LogP contribution in [0.25, 0.3) is 21.9 Å². The number of halogens is 3. The van der Waals surface area contributed by atoms with Crippen molar-refractivity contribution in [1.82, 2.24) is 19.4 Å². The van der Waals surface area contributed by atoms with Gasteiger partial charge >= 0.3 is 6.18 Å². The second-order valence-corrected chi connectivity index (χ2v) is 8.05. The second-order valence-electron chi connectivity index (χ2n) is 8.05. The molecule has 5 nitrogen and oxygen atoms in total. The molecule has 0 saturated carbocycles. The second kappa shape index (κ2) is 7.53. The van der Waals surface area contributed by atoms with Crippen LogP contribution in [0, 0.1) is 0 Å². The number of likely N-dealkylation sites (tertiary alicyclic amines) is 1. The summed E-state index contributed by atoms with van der Waals surface area (Å²) in [6.45, 7) is 2.29. The van der Waals surface area contributed by atoms with E-state index in [4.69, 9.17) is 0 Å². The number of benzene rings is 1. The van der Waals surface area contributed by atoms with Crippen molar-refractivity contribution >= 4 is 21.9 Å². The van der Waals surface area contributed by atoms with Gasteiger partial charge in [0.15, 0.2) is 5.43 Å². The number of piperidine rings is 1. The third kappa shape index (κ3) is 3.72. The van der Waals surface area contributed by atoms with Gasteiger partial charge in [0.2, 0.25) is 0 Å². The molecule has 1 N–H and O–H groups in total. The maximum atomic E-state index is 12.8. The Kier molecular flexibility index (Phi) is 4.81. The topological polar surface area (TPSA) is 53.9 Å². The molecule has 1 aromatic carbocycles.